The maximum Gasteiger partial charge on any atom is 0.408 e. The third-order valence-electron chi connectivity index (χ3n) is 10.7. The van der Waals surface area contributed by atoms with Crippen LogP contribution in [0.4, 0.5) is 13.6 Å². The molecular weight excluding hydrogens is 749 g/mol. The van der Waals surface area contributed by atoms with E-state index in [0.717, 1.165) is 0 Å². The normalized spacial score (nSPS) is 27.1. The molecule has 2 N–H and O–H groups in total. The number of Topliss-reactive ketones (excluding diaryl/α,β-unsaturated/α-hetero) is 1. The number of nitrogens with zero attached hydrogens (tertiary/aromatic N) is 3. The van der Waals surface area contributed by atoms with Crippen LogP contribution in [-0.2, 0) is 29.1 Å². The van der Waals surface area contributed by atoms with E-state index in [9.17, 15) is 27.6 Å². The highest BCUT2D eigenvalue weighted by atomic mass is 32.2. The number of rotatable bonds is 7. The Labute approximate surface area is 323 Å². The van der Waals surface area contributed by atoms with Crippen LogP contribution < -0.4 is 14.8 Å². The Morgan fingerprint density at radius 3 is 2.46 bits per heavy atom. The molecule has 56 heavy (non-hydrogen) atoms. The summed E-state index contributed by atoms with van der Waals surface area (Å²) in [6.07, 6.45) is 1.82. The molecule has 4 bridgehead atoms. The number of hydrogen-bond donors (Lipinski definition) is 2. The fraction of sp³-hybridized carbons (Fsp3) is 0.450. The molecule has 2 aromatic carbocycles. The molecule has 3 fully saturated rings. The number of halogens is 2. The third-order valence-corrected chi connectivity index (χ3v) is 12.6. The predicted octanol–water partition coefficient (Wildman–Crippen LogP) is 5.21. The highest BCUT2D eigenvalue weighted by molar-refractivity contribution is 7.90. The fourth-order valence-electron chi connectivity index (χ4n) is 7.34. The zero-order valence-corrected chi connectivity index (χ0v) is 32.0. The predicted molar refractivity (Wildman–Crippen MR) is 202 cm³/mol. The first kappa shape index (κ1) is 39.0. The number of fused-ring (bicyclic) bond motifs is 7. The van der Waals surface area contributed by atoms with Crippen molar-refractivity contribution in [1.82, 2.24) is 24.9 Å². The Kier molecular flexibility index (Phi) is 10.00. The van der Waals surface area contributed by atoms with E-state index >= 15 is 8.78 Å². The molecule has 3 aromatic rings. The summed E-state index contributed by atoms with van der Waals surface area (Å²) in [6, 6.07) is 11.1. The number of allylic oxidation sites excluding steroid dienone is 1. The molecule has 4 aliphatic rings. The van der Waals surface area contributed by atoms with Crippen LogP contribution in [0.5, 0.6) is 5.88 Å². The number of ketones is 1. The molecule has 2 aliphatic heterocycles. The molecule has 1 aromatic heterocycles. The van der Waals surface area contributed by atoms with E-state index < -0.39 is 92.8 Å². The lowest BCUT2D eigenvalue weighted by Gasteiger charge is -2.35. The zero-order valence-electron chi connectivity index (χ0n) is 31.2. The quantitative estimate of drug-likeness (QED) is 0.303. The van der Waals surface area contributed by atoms with Crippen molar-refractivity contribution in [2.45, 2.75) is 82.2 Å². The highest BCUT2D eigenvalue weighted by Gasteiger charge is 2.61. The Hall–Kier alpha value is -5.25. The number of alkyl carbamates (subject to hydrolysis) is 1. The number of ether oxygens (including phenoxy) is 2. The van der Waals surface area contributed by atoms with Gasteiger partial charge in [0.15, 0.2) is 12.4 Å². The van der Waals surface area contributed by atoms with Crippen LogP contribution in [0.25, 0.3) is 28.4 Å². The van der Waals surface area contributed by atoms with Gasteiger partial charge in [-0.1, -0.05) is 63.3 Å². The van der Waals surface area contributed by atoms with E-state index in [-0.39, 0.29) is 25.3 Å². The number of benzene rings is 2. The maximum atomic E-state index is 15.0. The van der Waals surface area contributed by atoms with E-state index in [1.54, 1.807) is 69.3 Å². The van der Waals surface area contributed by atoms with Crippen molar-refractivity contribution in [2.75, 3.05) is 13.2 Å². The summed E-state index contributed by atoms with van der Waals surface area (Å²) in [6.45, 7) is 7.28. The largest absolute Gasteiger partial charge is 0.471 e. The molecule has 296 valence electrons. The maximum absolute atomic E-state index is 15.0. The van der Waals surface area contributed by atoms with E-state index in [1.165, 1.54) is 17.1 Å². The minimum Gasteiger partial charge on any atom is -0.471 e. The van der Waals surface area contributed by atoms with Crippen LogP contribution in [-0.4, -0.2) is 89.5 Å². The zero-order chi connectivity index (χ0) is 40.2. The summed E-state index contributed by atoms with van der Waals surface area (Å²) in [7, 11) is -3.92. The van der Waals surface area contributed by atoms with Crippen LogP contribution in [0.2, 0.25) is 0 Å². The second-order valence-corrected chi connectivity index (χ2v) is 18.1. The summed E-state index contributed by atoms with van der Waals surface area (Å²) in [4.78, 5) is 66.4. The third kappa shape index (κ3) is 8.02. The van der Waals surface area contributed by atoms with E-state index in [4.69, 9.17) is 19.4 Å². The summed E-state index contributed by atoms with van der Waals surface area (Å²) in [5.74, 6) is -6.04. The number of aromatic nitrogens is 2. The van der Waals surface area contributed by atoms with Crippen molar-refractivity contribution >= 4 is 50.8 Å². The summed E-state index contributed by atoms with van der Waals surface area (Å²) in [5, 5.41) is 1.77. The van der Waals surface area contributed by atoms with Gasteiger partial charge in [-0.2, -0.15) is 8.78 Å². The minimum absolute atomic E-state index is 0.0499. The van der Waals surface area contributed by atoms with E-state index in [1.807, 2.05) is 0 Å². The molecule has 0 spiro atoms. The standard InChI is InChI=1S/C40H43F2N5O8S/c1-5-25-19-39(25,36(50)46-56(52,53)27-13-14-27)20-31(48)30-18-26-21-47(30)35(49)33(38(2,3)4)45-37(51)54-22-40(41,42)16-15-23-9-8-10-24(17-23)32-34(55-26)44-29-12-7-6-11-28(29)43-32/h5-12,15-17,25-27,30,33H,1,13-14,18-22H2,2-4H3,(H,45,51)(H,46,50)/b16-15+/t25-,26-,30+,33-,39-/m1/s1. The number of cyclic esters (lactones) is 1. The smallest absolute Gasteiger partial charge is 0.408 e. The molecule has 13 nitrogen and oxygen atoms in total. The average Bonchev–Trinajstić information content (AvgIpc) is 4.08. The SMILES string of the molecule is C=C[C@@H]1C[C@]1(CC(=O)[C@@H]1C[C@@H]2CN1C(=O)[C@H](C(C)(C)C)NC(=O)OCC(F)(F)/C=C/c1cccc(c1)-c1nc3ccccc3nc1O2)C(=O)NS(=O)(=O)C1CC1. The fourth-order valence-corrected chi connectivity index (χ4v) is 8.73. The minimum atomic E-state index is -3.92. The first-order valence-electron chi connectivity index (χ1n) is 18.5. The Morgan fingerprint density at radius 2 is 1.80 bits per heavy atom. The number of hydrogen-bond acceptors (Lipinski definition) is 10. The van der Waals surface area contributed by atoms with Gasteiger partial charge < -0.3 is 19.7 Å². The topological polar surface area (TPSA) is 174 Å². The van der Waals surface area contributed by atoms with E-state index in [2.05, 4.69) is 16.6 Å². The molecule has 3 heterocycles. The summed E-state index contributed by atoms with van der Waals surface area (Å²) in [5.41, 5.74) is -0.189. The molecule has 0 unspecified atom stereocenters. The van der Waals surface area contributed by atoms with Crippen molar-refractivity contribution in [3.8, 4) is 17.1 Å². The van der Waals surface area contributed by atoms with Gasteiger partial charge in [0, 0.05) is 18.4 Å². The second kappa shape index (κ2) is 14.4. The molecule has 0 radical (unpaired) electrons. The monoisotopic (exact) mass is 791 g/mol. The molecule has 5 atom stereocenters. The lowest BCUT2D eigenvalue weighted by Crippen LogP contribution is -2.57. The van der Waals surface area contributed by atoms with Gasteiger partial charge >= 0.3 is 6.09 Å². The molecule has 1 saturated heterocycles. The summed E-state index contributed by atoms with van der Waals surface area (Å²) >= 11 is 0. The average molecular weight is 792 g/mol. The van der Waals surface area contributed by atoms with Crippen LogP contribution in [0, 0.1) is 16.7 Å². The Morgan fingerprint density at radius 1 is 1.09 bits per heavy atom. The lowest BCUT2D eigenvalue weighted by molar-refractivity contribution is -0.142. The van der Waals surface area contributed by atoms with Crippen molar-refractivity contribution in [3.63, 3.8) is 0 Å². The van der Waals surface area contributed by atoms with Gasteiger partial charge in [-0.3, -0.25) is 19.1 Å². The van der Waals surface area contributed by atoms with Gasteiger partial charge in [0.25, 0.3) is 5.92 Å². The Bertz CT molecular complexity index is 2260. The van der Waals surface area contributed by atoms with Crippen molar-refractivity contribution in [3.05, 3.63) is 72.8 Å². The number of para-hydroxylation sites is 2. The van der Waals surface area contributed by atoms with Crippen LogP contribution in [0.1, 0.15) is 58.4 Å². The molecule has 3 amide bonds. The second-order valence-electron chi connectivity index (χ2n) is 16.1. The molecule has 16 heteroatoms. The van der Waals surface area contributed by atoms with Gasteiger partial charge in [0.1, 0.15) is 17.8 Å². The van der Waals surface area contributed by atoms with Crippen molar-refractivity contribution < 1.29 is 45.9 Å². The van der Waals surface area contributed by atoms with Crippen molar-refractivity contribution in [2.24, 2.45) is 16.7 Å². The van der Waals surface area contributed by atoms with Gasteiger partial charge in [-0.15, -0.1) is 6.58 Å². The number of carbonyl (C=O) groups excluding carboxylic acids is 4. The van der Waals surface area contributed by atoms with Crippen LogP contribution in [0.3, 0.4) is 0 Å². The van der Waals surface area contributed by atoms with Crippen LogP contribution in [0.15, 0.2) is 67.3 Å². The van der Waals surface area contributed by atoms with Crippen molar-refractivity contribution in [1.29, 1.82) is 0 Å². The number of nitrogens with one attached hydrogen (secondary N) is 2. The molecular formula is C40H43F2N5O8S. The number of sulfonamides is 1. The van der Waals surface area contributed by atoms with Gasteiger partial charge in [-0.25, -0.2) is 23.2 Å². The van der Waals surface area contributed by atoms with Gasteiger partial charge in [0.05, 0.1) is 34.3 Å². The molecule has 2 aliphatic carbocycles. The Balaban J connectivity index is 1.28. The molecule has 7 rings (SSSR count). The van der Waals surface area contributed by atoms with Gasteiger partial charge in [-0.05, 0) is 60.4 Å². The first-order chi connectivity index (χ1) is 26.4. The van der Waals surface area contributed by atoms with Gasteiger partial charge in [0.2, 0.25) is 27.7 Å². The number of amides is 3. The molecule has 2 saturated carbocycles. The van der Waals surface area contributed by atoms with Crippen LogP contribution >= 0.6 is 0 Å². The lowest BCUT2D eigenvalue weighted by atomic mass is 9.85. The van der Waals surface area contributed by atoms with E-state index in [0.29, 0.717) is 46.8 Å². The number of carbonyl (C=O) groups is 4. The summed E-state index contributed by atoms with van der Waals surface area (Å²) < 4.78 is 69.2. The number of alkyl halides is 2. The first-order valence-corrected chi connectivity index (χ1v) is 20.0. The highest BCUT2D eigenvalue weighted by Crippen LogP contribution is 2.57.